The van der Waals surface area contributed by atoms with Gasteiger partial charge in [0.25, 0.3) is 5.91 Å². The topological polar surface area (TPSA) is 128 Å². The number of likely N-dealkylation sites (tertiary alicyclic amines) is 1. The molecule has 4 atom stereocenters. The van der Waals surface area contributed by atoms with Crippen molar-refractivity contribution in [2.45, 2.75) is 62.2 Å². The molecule has 2 fully saturated rings. The smallest absolute Gasteiger partial charge is 0.257 e. The molecule has 2 bridgehead atoms. The second-order valence-electron chi connectivity index (χ2n) is 10.6. The van der Waals surface area contributed by atoms with Crippen LogP contribution in [0, 0.1) is 12.8 Å². The number of rotatable bonds is 4. The van der Waals surface area contributed by atoms with Gasteiger partial charge in [-0.25, -0.2) is 0 Å². The fourth-order valence-corrected chi connectivity index (χ4v) is 6.98. The molecule has 3 aliphatic carbocycles. The standard InChI is InChI=1S/C25H27N3O6/c1-12-8-18(34-27-12)26-23(31)15-10-25(32)17-9-14-4-5-16(29)21-19(14)24(25,22(33-21)20(15)30)6-7-28(17)11-13-2-3-13/h4-5,8,13,17,22,29-30,32H,2-3,6-7,9-11H2,1H3,(H,26,31)/t17-,22+,24+,25-/m1/s1. The van der Waals surface area contributed by atoms with Crippen molar-refractivity contribution in [2.24, 2.45) is 5.92 Å². The highest BCUT2D eigenvalue weighted by molar-refractivity contribution is 6.04. The molecule has 3 heterocycles. The van der Waals surface area contributed by atoms with Gasteiger partial charge in [-0.05, 0) is 56.7 Å². The minimum absolute atomic E-state index is 0.0142. The molecule has 9 nitrogen and oxygen atoms in total. The molecule has 1 aromatic carbocycles. The fourth-order valence-electron chi connectivity index (χ4n) is 6.98. The second kappa shape index (κ2) is 6.55. The molecule has 9 heteroatoms. The van der Waals surface area contributed by atoms with E-state index in [2.05, 4.69) is 15.4 Å². The summed E-state index contributed by atoms with van der Waals surface area (Å²) >= 11 is 0. The number of carbonyl (C=O) groups is 1. The Bertz CT molecular complexity index is 1270. The second-order valence-corrected chi connectivity index (χ2v) is 10.6. The fraction of sp³-hybridized carbons (Fsp3) is 0.520. The maximum absolute atomic E-state index is 13.3. The highest BCUT2D eigenvalue weighted by Gasteiger charge is 2.73. The molecule has 0 unspecified atom stereocenters. The van der Waals surface area contributed by atoms with Gasteiger partial charge in [0.1, 0.15) is 5.76 Å². The molecule has 1 aromatic heterocycles. The number of benzene rings is 1. The van der Waals surface area contributed by atoms with Crippen LogP contribution in [0.3, 0.4) is 0 Å². The van der Waals surface area contributed by atoms with Gasteiger partial charge in [0, 0.05) is 30.6 Å². The molecular weight excluding hydrogens is 438 g/mol. The lowest BCUT2D eigenvalue weighted by atomic mass is 9.49. The average molecular weight is 466 g/mol. The summed E-state index contributed by atoms with van der Waals surface area (Å²) in [6.45, 7) is 3.43. The van der Waals surface area contributed by atoms with Gasteiger partial charge in [-0.3, -0.25) is 15.0 Å². The number of nitrogens with zero attached hydrogens (tertiary/aromatic N) is 2. The van der Waals surface area contributed by atoms with Gasteiger partial charge in [-0.15, -0.1) is 0 Å². The zero-order chi connectivity index (χ0) is 23.4. The Balaban J connectivity index is 1.37. The van der Waals surface area contributed by atoms with E-state index in [1.54, 1.807) is 19.1 Å². The number of hydrogen-bond acceptors (Lipinski definition) is 8. The first-order chi connectivity index (χ1) is 16.3. The highest BCUT2D eigenvalue weighted by atomic mass is 16.5. The van der Waals surface area contributed by atoms with Gasteiger partial charge in [-0.2, -0.15) is 0 Å². The Morgan fingerprint density at radius 1 is 1.32 bits per heavy atom. The van der Waals surface area contributed by atoms with Gasteiger partial charge in [-0.1, -0.05) is 11.2 Å². The lowest BCUT2D eigenvalue weighted by Crippen LogP contribution is -2.75. The van der Waals surface area contributed by atoms with E-state index in [1.807, 2.05) is 6.07 Å². The molecule has 1 saturated carbocycles. The quantitative estimate of drug-likeness (QED) is 0.542. The van der Waals surface area contributed by atoms with E-state index in [4.69, 9.17) is 9.26 Å². The van der Waals surface area contributed by atoms with Crippen molar-refractivity contribution in [3.8, 4) is 11.5 Å². The maximum Gasteiger partial charge on any atom is 0.257 e. The van der Waals surface area contributed by atoms with E-state index in [1.165, 1.54) is 12.8 Å². The first-order valence-corrected chi connectivity index (χ1v) is 12.0. The molecule has 7 rings (SSSR count). The van der Waals surface area contributed by atoms with Crippen molar-refractivity contribution in [1.82, 2.24) is 10.1 Å². The number of aromatic nitrogens is 1. The number of aryl methyl sites for hydroxylation is 1. The first-order valence-electron chi connectivity index (χ1n) is 12.0. The molecule has 5 aliphatic rings. The average Bonchev–Trinajstić information content (AvgIpc) is 3.41. The molecule has 2 aliphatic heterocycles. The van der Waals surface area contributed by atoms with Crippen LogP contribution in [0.5, 0.6) is 11.5 Å². The Morgan fingerprint density at radius 2 is 2.15 bits per heavy atom. The summed E-state index contributed by atoms with van der Waals surface area (Å²) in [6, 6.07) is 4.89. The predicted octanol–water partition coefficient (Wildman–Crippen LogP) is 2.31. The van der Waals surface area contributed by atoms with Crippen LogP contribution in [0.2, 0.25) is 0 Å². The van der Waals surface area contributed by atoms with Crippen molar-refractivity contribution >= 4 is 11.8 Å². The van der Waals surface area contributed by atoms with Crippen molar-refractivity contribution < 1.29 is 29.4 Å². The van der Waals surface area contributed by atoms with Crippen molar-refractivity contribution in [3.05, 3.63) is 46.4 Å². The number of aliphatic hydroxyl groups excluding tert-OH is 1. The van der Waals surface area contributed by atoms with Gasteiger partial charge in [0.05, 0.1) is 22.3 Å². The summed E-state index contributed by atoms with van der Waals surface area (Å²) in [5, 5.41) is 41.0. The number of carbonyl (C=O) groups excluding carboxylic acids is 1. The van der Waals surface area contributed by atoms with Gasteiger partial charge >= 0.3 is 0 Å². The number of amides is 1. The van der Waals surface area contributed by atoms with E-state index in [0.717, 1.165) is 24.2 Å². The first kappa shape index (κ1) is 20.3. The lowest BCUT2D eigenvalue weighted by molar-refractivity contribution is -0.172. The van der Waals surface area contributed by atoms with E-state index in [9.17, 15) is 20.1 Å². The lowest BCUT2D eigenvalue weighted by Gasteiger charge is -2.62. The van der Waals surface area contributed by atoms with Crippen LogP contribution >= 0.6 is 0 Å². The van der Waals surface area contributed by atoms with E-state index >= 15 is 0 Å². The molecule has 1 saturated heterocycles. The minimum Gasteiger partial charge on any atom is -0.508 e. The molecule has 4 N–H and O–H groups in total. The van der Waals surface area contributed by atoms with Crippen LogP contribution in [-0.4, -0.2) is 62.1 Å². The monoisotopic (exact) mass is 465 g/mol. The summed E-state index contributed by atoms with van der Waals surface area (Å²) < 4.78 is 11.3. The van der Waals surface area contributed by atoms with E-state index < -0.39 is 23.0 Å². The third kappa shape index (κ3) is 2.46. The summed E-state index contributed by atoms with van der Waals surface area (Å²) in [5.74, 6) is 0.364. The predicted molar refractivity (Wildman–Crippen MR) is 120 cm³/mol. The molecule has 178 valence electrons. The third-order valence-corrected chi connectivity index (χ3v) is 8.66. The maximum atomic E-state index is 13.3. The number of aromatic hydroxyl groups is 1. The zero-order valence-electron chi connectivity index (χ0n) is 18.9. The summed E-state index contributed by atoms with van der Waals surface area (Å²) in [4.78, 5) is 15.6. The summed E-state index contributed by atoms with van der Waals surface area (Å²) in [5.41, 5.74) is 0.252. The van der Waals surface area contributed by atoms with Crippen LogP contribution in [-0.2, 0) is 16.6 Å². The van der Waals surface area contributed by atoms with Crippen molar-refractivity contribution in [3.63, 3.8) is 0 Å². The number of phenolic OH excluding ortho intramolecular Hbond substituents is 1. The summed E-state index contributed by atoms with van der Waals surface area (Å²) in [7, 11) is 0. The van der Waals surface area contributed by atoms with Crippen LogP contribution in [0.1, 0.15) is 42.5 Å². The minimum atomic E-state index is -1.34. The highest BCUT2D eigenvalue weighted by Crippen LogP contribution is 2.66. The Morgan fingerprint density at radius 3 is 2.88 bits per heavy atom. The molecule has 2 aromatic rings. The Hall–Kier alpha value is -3.04. The van der Waals surface area contributed by atoms with Crippen molar-refractivity contribution in [1.29, 1.82) is 0 Å². The van der Waals surface area contributed by atoms with Crippen LogP contribution in [0.25, 0.3) is 0 Å². The SMILES string of the molecule is Cc1cc(NC(=O)C2=C(O)[C@@H]3Oc4c(O)ccc5c4[C@@]34CCN(CC3CC3)[C@H](C5)[C@]4(O)C2)on1. The Labute approximate surface area is 196 Å². The van der Waals surface area contributed by atoms with E-state index in [0.29, 0.717) is 30.2 Å². The molecule has 34 heavy (non-hydrogen) atoms. The van der Waals surface area contributed by atoms with Gasteiger partial charge < -0.3 is 24.6 Å². The molecule has 0 radical (unpaired) electrons. The van der Waals surface area contributed by atoms with Crippen molar-refractivity contribution in [2.75, 3.05) is 18.4 Å². The molecule has 1 spiro atoms. The largest absolute Gasteiger partial charge is 0.508 e. The van der Waals surface area contributed by atoms with Gasteiger partial charge in [0.2, 0.25) is 5.88 Å². The number of aliphatic hydroxyl groups is 2. The summed E-state index contributed by atoms with van der Waals surface area (Å²) in [6.07, 6.45) is 2.62. The number of phenols is 1. The third-order valence-electron chi connectivity index (χ3n) is 8.66. The zero-order valence-corrected chi connectivity index (χ0v) is 18.9. The number of hydrogen-bond donors (Lipinski definition) is 4. The molecule has 1 amide bonds. The van der Waals surface area contributed by atoms with Crippen LogP contribution in [0.4, 0.5) is 5.88 Å². The van der Waals surface area contributed by atoms with Crippen LogP contribution < -0.4 is 10.1 Å². The van der Waals surface area contributed by atoms with E-state index in [-0.39, 0.29) is 35.4 Å². The number of ether oxygens (including phenoxy) is 1. The van der Waals surface area contributed by atoms with Gasteiger partial charge in [0.15, 0.2) is 17.6 Å². The normalized spacial score (nSPS) is 33.5. The Kier molecular flexibility index (Phi) is 3.92. The number of nitrogens with one attached hydrogen (secondary N) is 1. The van der Waals surface area contributed by atoms with Crippen LogP contribution in [0.15, 0.2) is 34.1 Å². The number of piperidine rings is 1. The molecular formula is C25H27N3O6. The number of anilines is 1.